The minimum Gasteiger partial charge on any atom is -0.376 e. The number of nitrogens with one attached hydrogen (secondary N) is 1. The van der Waals surface area contributed by atoms with Gasteiger partial charge in [-0.15, -0.1) is 0 Å². The Morgan fingerprint density at radius 3 is 2.84 bits per heavy atom. The fraction of sp³-hybridized carbons (Fsp3) is 0.933. The molecule has 1 amide bonds. The van der Waals surface area contributed by atoms with Gasteiger partial charge in [0.25, 0.3) is 0 Å². The molecule has 1 rings (SSSR count). The van der Waals surface area contributed by atoms with Gasteiger partial charge >= 0.3 is 0 Å². The van der Waals surface area contributed by atoms with E-state index in [-0.39, 0.29) is 12.0 Å². The van der Waals surface area contributed by atoms with E-state index in [1.54, 1.807) is 0 Å². The number of hydrogen-bond donors (Lipinski definition) is 2. The van der Waals surface area contributed by atoms with Crippen molar-refractivity contribution in [1.82, 2.24) is 5.32 Å². The summed E-state index contributed by atoms with van der Waals surface area (Å²) in [5.74, 6) is 0.763. The number of nitrogens with two attached hydrogens (primary N) is 1. The Kier molecular flexibility index (Phi) is 8.84. The lowest BCUT2D eigenvalue weighted by molar-refractivity contribution is -0.122. The second kappa shape index (κ2) is 10.2. The molecule has 112 valence electrons. The van der Waals surface area contributed by atoms with Gasteiger partial charge in [0.2, 0.25) is 5.91 Å². The summed E-state index contributed by atoms with van der Waals surface area (Å²) in [5, 5.41) is 3.00. The standard InChI is InChI=1S/C15H30N2O2/c1-2-5-13(9-10-16)7-8-15(18)17-12-14-6-3-4-11-19-14/h13-14H,2-12,16H2,1H3,(H,17,18). The number of carbonyl (C=O) groups excluding carboxylic acids is 1. The van der Waals surface area contributed by atoms with E-state index in [2.05, 4.69) is 12.2 Å². The van der Waals surface area contributed by atoms with Gasteiger partial charge in [-0.05, 0) is 44.6 Å². The van der Waals surface area contributed by atoms with Crippen molar-refractivity contribution >= 4 is 5.91 Å². The van der Waals surface area contributed by atoms with Gasteiger partial charge in [-0.2, -0.15) is 0 Å². The molecule has 1 heterocycles. The third kappa shape index (κ3) is 7.53. The molecule has 0 aliphatic carbocycles. The molecule has 0 saturated carbocycles. The maximum Gasteiger partial charge on any atom is 0.220 e. The first kappa shape index (κ1) is 16.4. The fourth-order valence-electron chi connectivity index (χ4n) is 2.70. The van der Waals surface area contributed by atoms with E-state index in [0.717, 1.165) is 38.8 Å². The highest BCUT2D eigenvalue weighted by Crippen LogP contribution is 2.17. The molecule has 4 heteroatoms. The smallest absolute Gasteiger partial charge is 0.220 e. The first-order valence-electron chi connectivity index (χ1n) is 7.84. The van der Waals surface area contributed by atoms with Crippen molar-refractivity contribution in [1.29, 1.82) is 0 Å². The Labute approximate surface area is 117 Å². The molecule has 3 N–H and O–H groups in total. The number of hydrogen-bond acceptors (Lipinski definition) is 3. The van der Waals surface area contributed by atoms with Crippen molar-refractivity contribution in [2.24, 2.45) is 11.7 Å². The topological polar surface area (TPSA) is 64.4 Å². The van der Waals surface area contributed by atoms with Crippen LogP contribution in [0.1, 0.15) is 58.3 Å². The quantitative estimate of drug-likeness (QED) is 0.675. The summed E-state index contributed by atoms with van der Waals surface area (Å²) < 4.78 is 5.60. The Bertz CT molecular complexity index is 234. The molecule has 1 saturated heterocycles. The average Bonchev–Trinajstić information content (AvgIpc) is 2.44. The highest BCUT2D eigenvalue weighted by atomic mass is 16.5. The van der Waals surface area contributed by atoms with Crippen LogP contribution in [0.25, 0.3) is 0 Å². The molecule has 2 atom stereocenters. The van der Waals surface area contributed by atoms with E-state index in [4.69, 9.17) is 10.5 Å². The zero-order valence-electron chi connectivity index (χ0n) is 12.3. The van der Waals surface area contributed by atoms with Crippen LogP contribution in [0.5, 0.6) is 0 Å². The van der Waals surface area contributed by atoms with Gasteiger partial charge in [-0.1, -0.05) is 19.8 Å². The molecular formula is C15H30N2O2. The number of carbonyl (C=O) groups is 1. The monoisotopic (exact) mass is 270 g/mol. The molecule has 0 aromatic heterocycles. The fourth-order valence-corrected chi connectivity index (χ4v) is 2.70. The second-order valence-corrected chi connectivity index (χ2v) is 5.56. The summed E-state index contributed by atoms with van der Waals surface area (Å²) in [6, 6.07) is 0. The van der Waals surface area contributed by atoms with Crippen LogP contribution in [0.2, 0.25) is 0 Å². The van der Waals surface area contributed by atoms with E-state index in [0.29, 0.717) is 18.9 Å². The second-order valence-electron chi connectivity index (χ2n) is 5.56. The number of ether oxygens (including phenoxy) is 1. The predicted molar refractivity (Wildman–Crippen MR) is 77.9 cm³/mol. The Morgan fingerprint density at radius 1 is 1.37 bits per heavy atom. The molecule has 2 unspecified atom stereocenters. The molecule has 1 fully saturated rings. The number of rotatable bonds is 9. The molecule has 0 bridgehead atoms. The van der Waals surface area contributed by atoms with E-state index >= 15 is 0 Å². The summed E-state index contributed by atoms with van der Waals surface area (Å²) in [6.45, 7) is 4.43. The lowest BCUT2D eigenvalue weighted by Crippen LogP contribution is -2.35. The van der Waals surface area contributed by atoms with Crippen molar-refractivity contribution < 1.29 is 9.53 Å². The Balaban J connectivity index is 2.11. The van der Waals surface area contributed by atoms with Crippen LogP contribution in [0.15, 0.2) is 0 Å². The van der Waals surface area contributed by atoms with Gasteiger partial charge in [0.1, 0.15) is 0 Å². The molecule has 0 spiro atoms. The van der Waals surface area contributed by atoms with E-state index in [1.807, 2.05) is 0 Å². The van der Waals surface area contributed by atoms with Crippen molar-refractivity contribution in [3.05, 3.63) is 0 Å². The SMILES string of the molecule is CCCC(CCN)CCC(=O)NCC1CCCCO1. The van der Waals surface area contributed by atoms with E-state index < -0.39 is 0 Å². The number of amides is 1. The summed E-state index contributed by atoms with van der Waals surface area (Å²) in [6.07, 6.45) is 8.64. The van der Waals surface area contributed by atoms with Crippen LogP contribution in [0.3, 0.4) is 0 Å². The summed E-state index contributed by atoms with van der Waals surface area (Å²) >= 11 is 0. The zero-order valence-corrected chi connectivity index (χ0v) is 12.3. The molecule has 1 aliphatic heterocycles. The van der Waals surface area contributed by atoms with Crippen molar-refractivity contribution in [3.8, 4) is 0 Å². The van der Waals surface area contributed by atoms with Crippen LogP contribution in [-0.2, 0) is 9.53 Å². The Hall–Kier alpha value is -0.610. The third-order valence-corrected chi connectivity index (χ3v) is 3.85. The third-order valence-electron chi connectivity index (χ3n) is 3.85. The maximum atomic E-state index is 11.8. The summed E-state index contributed by atoms with van der Waals surface area (Å²) in [7, 11) is 0. The lowest BCUT2D eigenvalue weighted by atomic mass is 9.94. The molecule has 0 aromatic rings. The first-order chi connectivity index (χ1) is 9.26. The maximum absolute atomic E-state index is 11.8. The molecule has 0 radical (unpaired) electrons. The minimum atomic E-state index is 0.160. The summed E-state index contributed by atoms with van der Waals surface area (Å²) in [4.78, 5) is 11.8. The zero-order chi connectivity index (χ0) is 13.9. The van der Waals surface area contributed by atoms with Crippen molar-refractivity contribution in [3.63, 3.8) is 0 Å². The van der Waals surface area contributed by atoms with Crippen LogP contribution in [-0.4, -0.2) is 31.7 Å². The van der Waals surface area contributed by atoms with Gasteiger partial charge in [-0.3, -0.25) is 4.79 Å². The van der Waals surface area contributed by atoms with Crippen LogP contribution >= 0.6 is 0 Å². The predicted octanol–water partition coefficient (Wildman–Crippen LogP) is 2.22. The average molecular weight is 270 g/mol. The van der Waals surface area contributed by atoms with E-state index in [1.165, 1.54) is 19.3 Å². The van der Waals surface area contributed by atoms with Crippen LogP contribution in [0, 0.1) is 5.92 Å². The van der Waals surface area contributed by atoms with Gasteiger partial charge in [0.15, 0.2) is 0 Å². The normalized spacial score (nSPS) is 21.1. The molecule has 19 heavy (non-hydrogen) atoms. The molecule has 0 aromatic carbocycles. The van der Waals surface area contributed by atoms with E-state index in [9.17, 15) is 4.79 Å². The molecule has 4 nitrogen and oxygen atoms in total. The van der Waals surface area contributed by atoms with Crippen molar-refractivity contribution in [2.45, 2.75) is 64.4 Å². The van der Waals surface area contributed by atoms with Gasteiger partial charge < -0.3 is 15.8 Å². The highest BCUT2D eigenvalue weighted by molar-refractivity contribution is 5.75. The van der Waals surface area contributed by atoms with Crippen molar-refractivity contribution in [2.75, 3.05) is 19.7 Å². The van der Waals surface area contributed by atoms with Crippen LogP contribution in [0.4, 0.5) is 0 Å². The molecular weight excluding hydrogens is 240 g/mol. The largest absolute Gasteiger partial charge is 0.376 e. The Morgan fingerprint density at radius 2 is 2.21 bits per heavy atom. The van der Waals surface area contributed by atoms with Gasteiger partial charge in [0, 0.05) is 19.6 Å². The lowest BCUT2D eigenvalue weighted by Gasteiger charge is -2.23. The van der Waals surface area contributed by atoms with Gasteiger partial charge in [0.05, 0.1) is 6.10 Å². The molecule has 1 aliphatic rings. The minimum absolute atomic E-state index is 0.160. The van der Waals surface area contributed by atoms with Crippen LogP contribution < -0.4 is 11.1 Å². The highest BCUT2D eigenvalue weighted by Gasteiger charge is 2.15. The van der Waals surface area contributed by atoms with Gasteiger partial charge in [-0.25, -0.2) is 0 Å². The summed E-state index contributed by atoms with van der Waals surface area (Å²) in [5.41, 5.74) is 5.61. The first-order valence-corrected chi connectivity index (χ1v) is 7.84.